The number of aryl methyl sites for hydroxylation is 7. The fourth-order valence-electron chi connectivity index (χ4n) is 3.51. The highest BCUT2D eigenvalue weighted by atomic mass is 32.1. The number of anilines is 7. The van der Waals surface area contributed by atoms with E-state index in [4.69, 9.17) is 45.9 Å². The molecule has 0 saturated carbocycles. The van der Waals surface area contributed by atoms with E-state index in [-0.39, 0.29) is 11.9 Å². The third-order valence-corrected chi connectivity index (χ3v) is 8.26. The molecule has 0 atom stereocenters. The SMILES string of the molecule is Cc1ccc(C(N)=O)s1.Cc1ccc(N)nc1.Cc1cccc(N)n1.Cc1cccc(N)n1.Cc1cccnc1N.Cc1cnc(N)nc1N.Cc1csc(N)n1. The number of hydrogen-bond acceptors (Lipinski definition) is 17. The summed E-state index contributed by atoms with van der Waals surface area (Å²) in [7, 11) is 0. The molecule has 0 spiro atoms. The number of nitrogen functional groups attached to an aromatic ring is 7. The van der Waals surface area contributed by atoms with Crippen LogP contribution in [-0.4, -0.2) is 40.8 Å². The van der Waals surface area contributed by atoms with Crippen LogP contribution in [0.5, 0.6) is 0 Å². The van der Waals surface area contributed by atoms with E-state index in [9.17, 15) is 4.79 Å². The number of pyridine rings is 4. The summed E-state index contributed by atoms with van der Waals surface area (Å²) < 4.78 is 0. The molecule has 0 radical (unpaired) electrons. The van der Waals surface area contributed by atoms with Gasteiger partial charge in [-0.3, -0.25) is 4.79 Å². The van der Waals surface area contributed by atoms with Gasteiger partial charge in [-0.05, 0) is 108 Å². The molecule has 16 N–H and O–H groups in total. The summed E-state index contributed by atoms with van der Waals surface area (Å²) >= 11 is 2.89. The average molecular weight is 812 g/mol. The molecule has 302 valence electrons. The van der Waals surface area contributed by atoms with Crippen LogP contribution in [0.15, 0.2) is 96.8 Å². The van der Waals surface area contributed by atoms with Crippen molar-refractivity contribution in [2.75, 3.05) is 40.1 Å². The van der Waals surface area contributed by atoms with Crippen molar-refractivity contribution in [2.24, 2.45) is 5.73 Å². The van der Waals surface area contributed by atoms with Gasteiger partial charge in [-0.15, -0.1) is 22.7 Å². The highest BCUT2D eigenvalue weighted by molar-refractivity contribution is 7.14. The van der Waals surface area contributed by atoms with Gasteiger partial charge < -0.3 is 45.9 Å². The number of carbonyl (C=O) groups excluding carboxylic acids is 1. The Morgan fingerprint density at radius 2 is 1.16 bits per heavy atom. The van der Waals surface area contributed by atoms with Crippen LogP contribution in [0.25, 0.3) is 0 Å². The van der Waals surface area contributed by atoms with E-state index in [1.165, 1.54) is 22.7 Å². The van der Waals surface area contributed by atoms with E-state index in [2.05, 4.69) is 34.9 Å². The molecule has 7 heterocycles. The summed E-state index contributed by atoms with van der Waals surface area (Å²) in [5, 5.41) is 2.58. The first-order chi connectivity index (χ1) is 26.9. The van der Waals surface area contributed by atoms with Gasteiger partial charge in [-0.1, -0.05) is 24.3 Å². The molecule has 1 amide bonds. The minimum absolute atomic E-state index is 0.220. The second-order valence-corrected chi connectivity index (χ2v) is 13.9. The first-order valence-corrected chi connectivity index (χ1v) is 18.7. The van der Waals surface area contributed by atoms with Crippen molar-refractivity contribution in [2.45, 2.75) is 48.5 Å². The number of nitrogens with two attached hydrogens (primary N) is 8. The summed E-state index contributed by atoms with van der Waals surface area (Å²) in [6, 6.07) is 22.3. The van der Waals surface area contributed by atoms with Crippen molar-refractivity contribution in [3.8, 4) is 0 Å². The van der Waals surface area contributed by atoms with Crippen molar-refractivity contribution < 1.29 is 4.79 Å². The first-order valence-electron chi connectivity index (χ1n) is 17.0. The smallest absolute Gasteiger partial charge is 0.258 e. The summed E-state index contributed by atoms with van der Waals surface area (Å²) in [6.07, 6.45) is 5.02. The van der Waals surface area contributed by atoms with E-state index in [1.54, 1.807) is 42.9 Å². The molecular formula is C39H53N15OS2. The molecule has 0 fully saturated rings. The molecule has 16 nitrogen and oxygen atoms in total. The minimum atomic E-state index is -0.340. The molecule has 0 bridgehead atoms. The molecule has 0 aliphatic carbocycles. The Bertz CT molecular complexity index is 2070. The van der Waals surface area contributed by atoms with Crippen LogP contribution in [0.1, 0.15) is 48.3 Å². The van der Waals surface area contributed by atoms with Crippen molar-refractivity contribution in [3.05, 3.63) is 140 Å². The van der Waals surface area contributed by atoms with Crippen LogP contribution in [0.2, 0.25) is 0 Å². The normalized spacial score (nSPS) is 9.25. The quantitative estimate of drug-likeness (QED) is 0.0938. The second kappa shape index (κ2) is 26.0. The first kappa shape index (κ1) is 48.1. The van der Waals surface area contributed by atoms with Gasteiger partial charge in [-0.2, -0.15) is 4.98 Å². The number of thiophene rings is 1. The standard InChI is InChI=1S/4C6H8N2.C6H7NOS.C5H8N4.C4H6N2S/c1-5-2-3-6(7)8-4-5;1-5-3-2-4-8-6(5)7;2*1-5-3-2-4-6(7)8-5;1-4-2-3-5(9-4)6(7)8;1-3-2-8-5(7)9-4(3)6;1-3-2-7-4(5)6-3/h4*2-4H,1H3,(H2,7,8);2-3H,1H3,(H2,7,8);2H,1H3,(H4,6,7,8,9);2H,1H3,(H2,5,6). The topological polar surface area (TPSA) is 315 Å². The maximum atomic E-state index is 10.4. The highest BCUT2D eigenvalue weighted by Crippen LogP contribution is 2.13. The van der Waals surface area contributed by atoms with Crippen LogP contribution >= 0.6 is 22.7 Å². The number of thiazole rings is 1. The summed E-state index contributed by atoms with van der Waals surface area (Å²) in [5.74, 6) is 2.70. The molecule has 7 aromatic heterocycles. The van der Waals surface area contributed by atoms with E-state index in [0.717, 1.165) is 38.6 Å². The molecule has 7 rings (SSSR count). The van der Waals surface area contributed by atoms with Gasteiger partial charge in [0.2, 0.25) is 5.95 Å². The fraction of sp³-hybridized carbons (Fsp3) is 0.179. The van der Waals surface area contributed by atoms with Crippen LogP contribution in [0.4, 0.5) is 40.2 Å². The molecule has 0 saturated heterocycles. The lowest BCUT2D eigenvalue weighted by Crippen LogP contribution is -2.07. The monoisotopic (exact) mass is 811 g/mol. The fourth-order valence-corrected chi connectivity index (χ4v) is 4.77. The Hall–Kier alpha value is -6.92. The molecule has 7 aromatic rings. The van der Waals surface area contributed by atoms with Gasteiger partial charge >= 0.3 is 0 Å². The van der Waals surface area contributed by atoms with Crippen LogP contribution in [0, 0.1) is 48.5 Å². The van der Waals surface area contributed by atoms with Gasteiger partial charge in [0, 0.05) is 45.8 Å². The average Bonchev–Trinajstić information content (AvgIpc) is 3.77. The van der Waals surface area contributed by atoms with E-state index >= 15 is 0 Å². The number of nitrogens with zero attached hydrogens (tertiary/aromatic N) is 7. The molecule has 0 unspecified atom stereocenters. The van der Waals surface area contributed by atoms with E-state index in [1.807, 2.05) is 102 Å². The van der Waals surface area contributed by atoms with Crippen molar-refractivity contribution in [1.29, 1.82) is 0 Å². The van der Waals surface area contributed by atoms with Crippen LogP contribution < -0.4 is 45.9 Å². The Morgan fingerprint density at radius 3 is 1.44 bits per heavy atom. The molecule has 0 aliphatic rings. The maximum Gasteiger partial charge on any atom is 0.258 e. The van der Waals surface area contributed by atoms with Gasteiger partial charge in [0.15, 0.2) is 5.13 Å². The molecule has 0 aliphatic heterocycles. The zero-order chi connectivity index (χ0) is 42.9. The third kappa shape index (κ3) is 22.8. The van der Waals surface area contributed by atoms with Crippen LogP contribution in [0.3, 0.4) is 0 Å². The molecular weight excluding hydrogens is 759 g/mol. The highest BCUT2D eigenvalue weighted by Gasteiger charge is 2.00. The molecule has 18 heteroatoms. The van der Waals surface area contributed by atoms with Gasteiger partial charge in [0.1, 0.15) is 29.1 Å². The van der Waals surface area contributed by atoms with Crippen LogP contribution in [-0.2, 0) is 0 Å². The predicted octanol–water partition coefficient (Wildman–Crippen LogP) is 6.03. The van der Waals surface area contributed by atoms with Gasteiger partial charge in [0.25, 0.3) is 5.91 Å². The minimum Gasteiger partial charge on any atom is -0.384 e. The number of rotatable bonds is 1. The lowest BCUT2D eigenvalue weighted by atomic mass is 10.3. The second-order valence-electron chi connectivity index (χ2n) is 11.8. The lowest BCUT2D eigenvalue weighted by Gasteiger charge is -1.96. The molecule has 0 aromatic carbocycles. The summed E-state index contributed by atoms with van der Waals surface area (Å²) in [4.78, 5) is 39.2. The number of hydrogen-bond donors (Lipinski definition) is 8. The summed E-state index contributed by atoms with van der Waals surface area (Å²) in [6.45, 7) is 13.4. The zero-order valence-electron chi connectivity index (χ0n) is 33.2. The largest absolute Gasteiger partial charge is 0.384 e. The maximum absolute atomic E-state index is 10.4. The summed E-state index contributed by atoms with van der Waals surface area (Å²) in [5.41, 5.74) is 48.3. The van der Waals surface area contributed by atoms with Crippen molar-refractivity contribution in [1.82, 2.24) is 34.9 Å². The number of aromatic nitrogens is 7. The third-order valence-electron chi connectivity index (χ3n) is 6.45. The Labute approximate surface area is 341 Å². The van der Waals surface area contributed by atoms with E-state index < -0.39 is 0 Å². The number of primary amides is 1. The van der Waals surface area contributed by atoms with Crippen molar-refractivity contribution in [3.63, 3.8) is 0 Å². The number of carbonyl (C=O) groups is 1. The van der Waals surface area contributed by atoms with E-state index in [0.29, 0.717) is 39.1 Å². The Balaban J connectivity index is 0.000000333. The van der Waals surface area contributed by atoms with Gasteiger partial charge in [-0.25, -0.2) is 29.9 Å². The Morgan fingerprint density at radius 1 is 0.544 bits per heavy atom. The predicted molar refractivity (Wildman–Crippen MR) is 238 cm³/mol. The zero-order valence-corrected chi connectivity index (χ0v) is 34.8. The number of amides is 1. The van der Waals surface area contributed by atoms with Crippen molar-refractivity contribution >= 4 is 68.7 Å². The molecule has 57 heavy (non-hydrogen) atoms. The van der Waals surface area contributed by atoms with Gasteiger partial charge in [0.05, 0.1) is 10.6 Å². The Kier molecular flexibility index (Phi) is 21.9. The lowest BCUT2D eigenvalue weighted by molar-refractivity contribution is 0.100.